The van der Waals surface area contributed by atoms with Crippen LogP contribution in [0.25, 0.3) is 10.9 Å². The third-order valence-electron chi connectivity index (χ3n) is 13.0. The number of carbonyl (C=O) groups is 3. The molecular formula is C45H56FN9O4. The van der Waals surface area contributed by atoms with Crippen molar-refractivity contribution < 1.29 is 23.5 Å². The van der Waals surface area contributed by atoms with Crippen molar-refractivity contribution in [1.29, 1.82) is 0 Å². The highest BCUT2D eigenvalue weighted by atomic mass is 19.1. The summed E-state index contributed by atoms with van der Waals surface area (Å²) in [5.74, 6) is -0.0687. The van der Waals surface area contributed by atoms with Crippen molar-refractivity contribution in [3.05, 3.63) is 82.8 Å². The molecule has 1 unspecified atom stereocenters. The third-order valence-corrected chi connectivity index (χ3v) is 13.0. The van der Waals surface area contributed by atoms with Gasteiger partial charge in [-0.3, -0.25) is 29.5 Å². The molecule has 0 aliphatic carbocycles. The van der Waals surface area contributed by atoms with Gasteiger partial charge >= 0.3 is 0 Å². The average molecular weight is 806 g/mol. The van der Waals surface area contributed by atoms with Crippen LogP contribution in [0.1, 0.15) is 91.7 Å². The number of imide groups is 1. The van der Waals surface area contributed by atoms with Gasteiger partial charge in [0.25, 0.3) is 5.91 Å². The zero-order valence-electron chi connectivity index (χ0n) is 34.5. The Morgan fingerprint density at radius 3 is 2.44 bits per heavy atom. The van der Waals surface area contributed by atoms with E-state index in [2.05, 4.69) is 61.1 Å². The van der Waals surface area contributed by atoms with Crippen LogP contribution in [0.2, 0.25) is 0 Å². The minimum absolute atomic E-state index is 0.138. The van der Waals surface area contributed by atoms with Crippen molar-refractivity contribution >= 4 is 40.3 Å². The number of fused-ring (bicyclic) bond motifs is 4. The molecule has 9 rings (SSSR count). The van der Waals surface area contributed by atoms with Crippen LogP contribution in [0.4, 0.5) is 16.0 Å². The number of anilines is 2. The zero-order valence-corrected chi connectivity index (χ0v) is 34.5. The number of benzene rings is 2. The second-order valence-electron chi connectivity index (χ2n) is 17.7. The van der Waals surface area contributed by atoms with Gasteiger partial charge in [-0.2, -0.15) is 0 Å². The van der Waals surface area contributed by atoms with Gasteiger partial charge in [0.1, 0.15) is 11.7 Å². The molecule has 3 amide bonds. The van der Waals surface area contributed by atoms with Crippen LogP contribution >= 0.6 is 0 Å². The van der Waals surface area contributed by atoms with Gasteiger partial charge < -0.3 is 24.4 Å². The number of aromatic amines is 1. The van der Waals surface area contributed by atoms with Crippen molar-refractivity contribution in [3.8, 4) is 0 Å². The highest BCUT2D eigenvalue weighted by Crippen LogP contribution is 2.41. The quantitative estimate of drug-likeness (QED) is 0.158. The lowest BCUT2D eigenvalue weighted by Gasteiger charge is -2.42. The van der Waals surface area contributed by atoms with E-state index in [1.807, 2.05) is 30.6 Å². The number of amides is 3. The summed E-state index contributed by atoms with van der Waals surface area (Å²) in [6, 6.07) is 13.8. The summed E-state index contributed by atoms with van der Waals surface area (Å²) >= 11 is 0. The molecule has 4 aromatic rings. The molecule has 0 bridgehead atoms. The van der Waals surface area contributed by atoms with Crippen LogP contribution < -0.4 is 15.1 Å². The van der Waals surface area contributed by atoms with E-state index in [1.54, 1.807) is 18.7 Å². The minimum Gasteiger partial charge on any atom is -0.378 e. The van der Waals surface area contributed by atoms with Gasteiger partial charge in [-0.1, -0.05) is 18.2 Å². The second-order valence-corrected chi connectivity index (χ2v) is 17.7. The Labute approximate surface area is 345 Å². The Hall–Kier alpha value is -4.92. The summed E-state index contributed by atoms with van der Waals surface area (Å²) in [6.07, 6.45) is 8.42. The van der Waals surface area contributed by atoms with Crippen molar-refractivity contribution in [3.63, 3.8) is 0 Å². The van der Waals surface area contributed by atoms with Gasteiger partial charge in [0.05, 0.1) is 12.1 Å². The van der Waals surface area contributed by atoms with E-state index in [9.17, 15) is 14.4 Å². The molecule has 0 radical (unpaired) electrons. The Bertz CT molecular complexity index is 2190. The summed E-state index contributed by atoms with van der Waals surface area (Å²) < 4.78 is 21.5. The number of nitrogens with one attached hydrogen (secondary N) is 2. The van der Waals surface area contributed by atoms with Crippen LogP contribution in [0.15, 0.2) is 54.9 Å². The zero-order chi connectivity index (χ0) is 40.8. The number of hydrogen-bond donors (Lipinski definition) is 2. The number of carbonyl (C=O) groups excluding carboxylic acids is 3. The summed E-state index contributed by atoms with van der Waals surface area (Å²) in [5.41, 5.74) is 5.83. The van der Waals surface area contributed by atoms with E-state index in [0.717, 1.165) is 112 Å². The number of rotatable bonds is 11. The van der Waals surface area contributed by atoms with Crippen molar-refractivity contribution in [2.75, 3.05) is 68.8 Å². The molecule has 5 aliphatic heterocycles. The Morgan fingerprint density at radius 2 is 1.69 bits per heavy atom. The number of aromatic nitrogens is 3. The normalized spacial score (nSPS) is 23.6. The second kappa shape index (κ2) is 16.3. The number of nitrogens with zero attached hydrogens (tertiary/aromatic N) is 7. The van der Waals surface area contributed by atoms with E-state index < -0.39 is 11.7 Å². The third kappa shape index (κ3) is 8.18. The van der Waals surface area contributed by atoms with Crippen LogP contribution in [0, 0.1) is 0 Å². The molecule has 2 aromatic heterocycles. The maximum absolute atomic E-state index is 15.2. The SMILES string of the molecule is C[C@@H]1Cc2c([nH]c3ccccc23)[C@@H](c2cnc(N3CCC(OCCCN4CCN(c5ccc6c(c5)CN(C5CCC(=O)NC5=O)C6=O)CC4)CC3)nc2)N1CC(C)(C)F. The summed E-state index contributed by atoms with van der Waals surface area (Å²) in [6.45, 7) is 13.4. The molecule has 7 heterocycles. The molecule has 3 atom stereocenters. The number of para-hydroxylation sites is 1. The molecule has 2 aromatic carbocycles. The van der Waals surface area contributed by atoms with E-state index in [0.29, 0.717) is 25.1 Å². The van der Waals surface area contributed by atoms with Crippen molar-refractivity contribution in [2.45, 2.75) is 95.7 Å². The highest BCUT2D eigenvalue weighted by molar-refractivity contribution is 6.05. The monoisotopic (exact) mass is 805 g/mol. The van der Waals surface area contributed by atoms with Gasteiger partial charge in [0, 0.05) is 124 Å². The Kier molecular flexibility index (Phi) is 10.9. The van der Waals surface area contributed by atoms with E-state index in [1.165, 1.54) is 10.9 Å². The summed E-state index contributed by atoms with van der Waals surface area (Å²) in [4.78, 5) is 61.6. The summed E-state index contributed by atoms with van der Waals surface area (Å²) in [5, 5.41) is 3.61. The number of piperidine rings is 2. The fraction of sp³-hybridized carbons (Fsp3) is 0.533. The predicted octanol–water partition coefficient (Wildman–Crippen LogP) is 5.00. The number of alkyl halides is 1. The van der Waals surface area contributed by atoms with E-state index in [4.69, 9.17) is 14.7 Å². The fourth-order valence-corrected chi connectivity index (χ4v) is 9.93. The predicted molar refractivity (Wildman–Crippen MR) is 224 cm³/mol. The Morgan fingerprint density at radius 1 is 0.932 bits per heavy atom. The topological polar surface area (TPSA) is 130 Å². The molecule has 2 N–H and O–H groups in total. The minimum atomic E-state index is -1.34. The average Bonchev–Trinajstić information content (AvgIpc) is 3.76. The van der Waals surface area contributed by atoms with Gasteiger partial charge in [-0.15, -0.1) is 0 Å². The number of ether oxygens (including phenoxy) is 1. The lowest BCUT2D eigenvalue weighted by molar-refractivity contribution is -0.136. The fourth-order valence-electron chi connectivity index (χ4n) is 9.93. The molecule has 5 aliphatic rings. The van der Waals surface area contributed by atoms with E-state index >= 15 is 4.39 Å². The van der Waals surface area contributed by atoms with Gasteiger partial charge in [0.2, 0.25) is 17.8 Å². The van der Waals surface area contributed by atoms with E-state index in [-0.39, 0.29) is 42.3 Å². The van der Waals surface area contributed by atoms with Crippen LogP contribution in [-0.2, 0) is 27.3 Å². The van der Waals surface area contributed by atoms with Gasteiger partial charge in [-0.25, -0.2) is 14.4 Å². The molecule has 0 spiro atoms. The number of halogens is 1. The molecule has 312 valence electrons. The molecule has 0 saturated carbocycles. The number of H-pyrrole nitrogens is 1. The van der Waals surface area contributed by atoms with Crippen molar-refractivity contribution in [2.24, 2.45) is 0 Å². The molecular weight excluding hydrogens is 750 g/mol. The maximum atomic E-state index is 15.2. The first-order chi connectivity index (χ1) is 28.5. The first kappa shape index (κ1) is 39.5. The van der Waals surface area contributed by atoms with Crippen LogP contribution in [0.3, 0.4) is 0 Å². The Balaban J connectivity index is 0.725. The molecule has 59 heavy (non-hydrogen) atoms. The highest BCUT2D eigenvalue weighted by Gasteiger charge is 2.41. The van der Waals surface area contributed by atoms with Gasteiger partial charge in [-0.05, 0) is 88.3 Å². The summed E-state index contributed by atoms with van der Waals surface area (Å²) in [7, 11) is 0. The maximum Gasteiger partial charge on any atom is 0.255 e. The molecule has 14 heteroatoms. The molecule has 3 saturated heterocycles. The number of piperazine rings is 1. The molecule has 3 fully saturated rings. The van der Waals surface area contributed by atoms with Crippen molar-refractivity contribution in [1.82, 2.24) is 35.0 Å². The first-order valence-corrected chi connectivity index (χ1v) is 21.5. The lowest BCUT2D eigenvalue weighted by atomic mass is 9.88. The number of hydrogen-bond acceptors (Lipinski definition) is 10. The largest absolute Gasteiger partial charge is 0.378 e. The van der Waals surface area contributed by atoms with Crippen LogP contribution in [0.5, 0.6) is 0 Å². The van der Waals surface area contributed by atoms with Gasteiger partial charge in [0.15, 0.2) is 0 Å². The lowest BCUT2D eigenvalue weighted by Crippen LogP contribution is -2.52. The van der Waals surface area contributed by atoms with Crippen LogP contribution in [-0.4, -0.2) is 130 Å². The smallest absolute Gasteiger partial charge is 0.255 e. The first-order valence-electron chi connectivity index (χ1n) is 21.5. The molecule has 13 nitrogen and oxygen atoms in total. The standard InChI is InChI=1S/C45H56FN9O4/c1-29-23-36-35-7-4-5-8-37(35)49-40(36)41(55(29)28-45(2,3)46)31-25-47-44(48-26-31)53-16-13-33(14-17-53)59-22-6-15-51-18-20-52(21-19-51)32-9-10-34-30(24-32)27-54(43(34)58)38-11-12-39(56)50-42(38)57/h4-5,7-10,24-26,29,33,38,41,49H,6,11-23,27-28H2,1-3H3,(H,50,56,57)/t29-,38?,41-/m1/s1.